The standard InChI is InChI=1S/C17H20BrNOS/c1-19-16(14-11-21-12-15(14)18)17(7-9-20-10-8-17)13-5-3-2-4-6-13/h2-6,11-12,16,19H,7-10H2,1H3. The van der Waals surface area contributed by atoms with Gasteiger partial charge in [0.05, 0.1) is 0 Å². The lowest BCUT2D eigenvalue weighted by atomic mass is 9.67. The van der Waals surface area contributed by atoms with Crippen LogP contribution in [0.4, 0.5) is 0 Å². The number of nitrogens with one attached hydrogen (secondary N) is 1. The lowest BCUT2D eigenvalue weighted by Gasteiger charge is -2.44. The van der Waals surface area contributed by atoms with Crippen LogP contribution in [-0.4, -0.2) is 20.3 Å². The van der Waals surface area contributed by atoms with E-state index in [2.05, 4.69) is 69.4 Å². The molecule has 2 nitrogen and oxygen atoms in total. The molecule has 3 rings (SSSR count). The summed E-state index contributed by atoms with van der Waals surface area (Å²) in [7, 11) is 2.06. The molecule has 0 bridgehead atoms. The Morgan fingerprint density at radius 2 is 1.90 bits per heavy atom. The molecule has 0 radical (unpaired) electrons. The van der Waals surface area contributed by atoms with Crippen molar-refractivity contribution in [3.63, 3.8) is 0 Å². The van der Waals surface area contributed by atoms with Gasteiger partial charge in [0.1, 0.15) is 0 Å². The Morgan fingerprint density at radius 3 is 2.48 bits per heavy atom. The highest BCUT2D eigenvalue weighted by Gasteiger charge is 2.42. The highest BCUT2D eigenvalue weighted by Crippen LogP contribution is 2.47. The van der Waals surface area contributed by atoms with E-state index in [4.69, 9.17) is 4.74 Å². The van der Waals surface area contributed by atoms with Gasteiger partial charge in [-0.3, -0.25) is 0 Å². The highest BCUT2D eigenvalue weighted by molar-refractivity contribution is 9.10. The van der Waals surface area contributed by atoms with Crippen LogP contribution in [-0.2, 0) is 10.2 Å². The van der Waals surface area contributed by atoms with Gasteiger partial charge in [0.25, 0.3) is 0 Å². The molecule has 0 aliphatic carbocycles. The van der Waals surface area contributed by atoms with Gasteiger partial charge in [0.2, 0.25) is 0 Å². The smallest absolute Gasteiger partial charge is 0.0475 e. The molecular formula is C17H20BrNOS. The molecule has 1 unspecified atom stereocenters. The fraction of sp³-hybridized carbons (Fsp3) is 0.412. The van der Waals surface area contributed by atoms with Gasteiger partial charge in [-0.15, -0.1) is 0 Å². The number of ether oxygens (including phenoxy) is 1. The molecule has 1 aliphatic heterocycles. The van der Waals surface area contributed by atoms with Gasteiger partial charge in [-0.05, 0) is 52.3 Å². The Hall–Kier alpha value is -0.680. The van der Waals surface area contributed by atoms with E-state index in [9.17, 15) is 0 Å². The first-order valence-corrected chi connectivity index (χ1v) is 9.03. The second kappa shape index (κ2) is 6.61. The molecule has 21 heavy (non-hydrogen) atoms. The summed E-state index contributed by atoms with van der Waals surface area (Å²) in [4.78, 5) is 0. The van der Waals surface area contributed by atoms with Crippen LogP contribution in [0.3, 0.4) is 0 Å². The number of rotatable bonds is 4. The lowest BCUT2D eigenvalue weighted by molar-refractivity contribution is 0.0351. The number of benzene rings is 1. The van der Waals surface area contributed by atoms with Crippen LogP contribution in [0.5, 0.6) is 0 Å². The minimum absolute atomic E-state index is 0.0951. The zero-order chi connectivity index (χ0) is 14.7. The minimum Gasteiger partial charge on any atom is -0.381 e. The first kappa shape index (κ1) is 15.2. The van der Waals surface area contributed by atoms with Gasteiger partial charge in [-0.2, -0.15) is 11.3 Å². The minimum atomic E-state index is 0.0951. The predicted octanol–water partition coefficient (Wildman–Crippen LogP) is 4.52. The number of thiophene rings is 1. The summed E-state index contributed by atoms with van der Waals surface area (Å²) in [5.41, 5.74) is 2.86. The predicted molar refractivity (Wildman–Crippen MR) is 92.0 cm³/mol. The van der Waals surface area contributed by atoms with Crippen LogP contribution in [0.1, 0.15) is 30.0 Å². The Labute approximate surface area is 138 Å². The molecule has 1 aliphatic rings. The molecule has 0 saturated carbocycles. The molecule has 4 heteroatoms. The van der Waals surface area contributed by atoms with Crippen molar-refractivity contribution < 1.29 is 4.74 Å². The Balaban J connectivity index is 2.08. The summed E-state index contributed by atoms with van der Waals surface area (Å²) in [5.74, 6) is 0. The van der Waals surface area contributed by atoms with Crippen molar-refractivity contribution in [1.82, 2.24) is 5.32 Å². The van der Waals surface area contributed by atoms with Crippen LogP contribution in [0.25, 0.3) is 0 Å². The summed E-state index contributed by atoms with van der Waals surface area (Å²) in [5, 5.41) is 8.00. The SMILES string of the molecule is CNC(c1cscc1Br)C1(c2ccccc2)CCOCC1. The zero-order valence-corrected chi connectivity index (χ0v) is 14.5. The molecule has 112 valence electrons. The molecular weight excluding hydrogens is 346 g/mol. The summed E-state index contributed by atoms with van der Waals surface area (Å²) in [6.07, 6.45) is 2.09. The van der Waals surface area contributed by atoms with Crippen LogP contribution in [0, 0.1) is 0 Å². The molecule has 2 aromatic rings. The molecule has 1 atom stereocenters. The van der Waals surface area contributed by atoms with E-state index < -0.39 is 0 Å². The maximum atomic E-state index is 5.65. The van der Waals surface area contributed by atoms with Gasteiger partial charge >= 0.3 is 0 Å². The van der Waals surface area contributed by atoms with Gasteiger partial charge in [0, 0.05) is 34.5 Å². The van der Waals surface area contributed by atoms with Crippen molar-refractivity contribution in [3.05, 3.63) is 56.7 Å². The third kappa shape index (κ3) is 2.82. The third-order valence-corrected chi connectivity index (χ3v) is 6.28. The first-order valence-electron chi connectivity index (χ1n) is 7.30. The zero-order valence-electron chi connectivity index (χ0n) is 12.1. The average Bonchev–Trinajstić information content (AvgIpc) is 2.96. The maximum Gasteiger partial charge on any atom is 0.0475 e. The second-order valence-corrected chi connectivity index (χ2v) is 7.13. The Morgan fingerprint density at radius 1 is 1.19 bits per heavy atom. The molecule has 0 amide bonds. The largest absolute Gasteiger partial charge is 0.381 e. The molecule has 1 aromatic heterocycles. The summed E-state index contributed by atoms with van der Waals surface area (Å²) >= 11 is 5.46. The Kier molecular flexibility index (Phi) is 4.79. The molecule has 1 fully saturated rings. The van der Waals surface area contributed by atoms with Crippen molar-refractivity contribution >= 4 is 27.3 Å². The van der Waals surface area contributed by atoms with E-state index >= 15 is 0 Å². The number of hydrogen-bond donors (Lipinski definition) is 1. The summed E-state index contributed by atoms with van der Waals surface area (Å²) < 4.78 is 6.85. The average molecular weight is 366 g/mol. The molecule has 1 aromatic carbocycles. The van der Waals surface area contributed by atoms with Crippen LogP contribution >= 0.6 is 27.3 Å². The van der Waals surface area contributed by atoms with E-state index in [0.29, 0.717) is 6.04 Å². The summed E-state index contributed by atoms with van der Waals surface area (Å²) in [6.45, 7) is 1.66. The van der Waals surface area contributed by atoms with Crippen molar-refractivity contribution in [1.29, 1.82) is 0 Å². The number of likely N-dealkylation sites (N-methyl/N-ethyl adjacent to an activating group) is 1. The number of halogens is 1. The molecule has 0 spiro atoms. The van der Waals surface area contributed by atoms with Crippen LogP contribution in [0.15, 0.2) is 45.6 Å². The third-order valence-electron chi connectivity index (χ3n) is 4.53. The highest BCUT2D eigenvalue weighted by atomic mass is 79.9. The van der Waals surface area contributed by atoms with Crippen LogP contribution in [0.2, 0.25) is 0 Å². The lowest BCUT2D eigenvalue weighted by Crippen LogP contribution is -2.44. The van der Waals surface area contributed by atoms with Crippen molar-refractivity contribution in [2.24, 2.45) is 0 Å². The van der Waals surface area contributed by atoms with Gasteiger partial charge in [-0.1, -0.05) is 30.3 Å². The van der Waals surface area contributed by atoms with Crippen molar-refractivity contribution in [3.8, 4) is 0 Å². The van der Waals surface area contributed by atoms with E-state index in [1.54, 1.807) is 11.3 Å². The van der Waals surface area contributed by atoms with Crippen LogP contribution < -0.4 is 5.32 Å². The fourth-order valence-corrected chi connectivity index (χ4v) is 5.03. The number of hydrogen-bond acceptors (Lipinski definition) is 3. The van der Waals surface area contributed by atoms with Gasteiger partial charge in [-0.25, -0.2) is 0 Å². The molecule has 1 saturated heterocycles. The van der Waals surface area contributed by atoms with Crippen molar-refractivity contribution in [2.75, 3.05) is 20.3 Å². The fourth-order valence-electron chi connectivity index (χ4n) is 3.48. The van der Waals surface area contributed by atoms with Gasteiger partial charge in [0.15, 0.2) is 0 Å². The molecule has 2 heterocycles. The monoisotopic (exact) mass is 365 g/mol. The van der Waals surface area contributed by atoms with E-state index in [0.717, 1.165) is 26.1 Å². The maximum absolute atomic E-state index is 5.65. The van der Waals surface area contributed by atoms with E-state index in [1.807, 2.05) is 0 Å². The summed E-state index contributed by atoms with van der Waals surface area (Å²) in [6, 6.07) is 11.2. The van der Waals surface area contributed by atoms with E-state index in [1.165, 1.54) is 15.6 Å². The molecule has 1 N–H and O–H groups in total. The topological polar surface area (TPSA) is 21.3 Å². The Bertz CT molecular complexity index is 577. The second-order valence-electron chi connectivity index (χ2n) is 5.53. The normalized spacial score (nSPS) is 19.3. The quantitative estimate of drug-likeness (QED) is 0.859. The van der Waals surface area contributed by atoms with E-state index in [-0.39, 0.29) is 5.41 Å². The first-order chi connectivity index (χ1) is 10.3. The van der Waals surface area contributed by atoms with Gasteiger partial charge < -0.3 is 10.1 Å². The van der Waals surface area contributed by atoms with Crippen molar-refractivity contribution in [2.45, 2.75) is 24.3 Å².